The fraction of sp³-hybridized carbons (Fsp3) is 0.400. The second-order valence-corrected chi connectivity index (χ2v) is 8.12. The van der Waals surface area contributed by atoms with E-state index in [0.717, 1.165) is 25.9 Å². The Morgan fingerprint density at radius 1 is 1.00 bits per heavy atom. The van der Waals surface area contributed by atoms with Crippen LogP contribution in [0, 0.1) is 6.92 Å². The number of ketones is 1. The number of piperidine rings is 1. The maximum absolute atomic E-state index is 13.3. The van der Waals surface area contributed by atoms with Crippen LogP contribution in [-0.2, 0) is 6.54 Å². The van der Waals surface area contributed by atoms with Crippen molar-refractivity contribution in [2.75, 3.05) is 34.4 Å². The van der Waals surface area contributed by atoms with Crippen molar-refractivity contribution in [3.8, 4) is 28.7 Å². The Labute approximate surface area is 188 Å². The Kier molecular flexibility index (Phi) is 6.28. The molecule has 0 spiro atoms. The number of allylic oxidation sites excluding steroid dienone is 1. The topological polar surface area (TPSA) is 77.5 Å². The van der Waals surface area contributed by atoms with E-state index in [0.29, 0.717) is 51.8 Å². The molecule has 0 bridgehead atoms. The number of nitrogens with zero attached hydrogens (tertiary/aromatic N) is 1. The van der Waals surface area contributed by atoms with Crippen molar-refractivity contribution in [1.29, 1.82) is 0 Å². The molecule has 7 heteroatoms. The van der Waals surface area contributed by atoms with Crippen molar-refractivity contribution in [3.05, 3.63) is 46.2 Å². The molecule has 1 saturated heterocycles. The Hall–Kier alpha value is -3.19. The number of benzene rings is 2. The van der Waals surface area contributed by atoms with Gasteiger partial charge in [0.2, 0.25) is 5.78 Å². The summed E-state index contributed by atoms with van der Waals surface area (Å²) >= 11 is 0. The van der Waals surface area contributed by atoms with Crippen molar-refractivity contribution >= 4 is 11.9 Å². The van der Waals surface area contributed by atoms with Gasteiger partial charge in [-0.05, 0) is 56.6 Å². The summed E-state index contributed by atoms with van der Waals surface area (Å²) < 4.78 is 22.3. The Balaban J connectivity index is 1.74. The lowest BCUT2D eigenvalue weighted by Gasteiger charge is -2.27. The predicted molar refractivity (Wildman–Crippen MR) is 121 cm³/mol. The summed E-state index contributed by atoms with van der Waals surface area (Å²) in [6.45, 7) is 4.31. The molecule has 0 aliphatic carbocycles. The van der Waals surface area contributed by atoms with Gasteiger partial charge in [0.1, 0.15) is 17.2 Å². The zero-order valence-electron chi connectivity index (χ0n) is 19.0. The minimum Gasteiger partial charge on any atom is -0.507 e. The van der Waals surface area contributed by atoms with Gasteiger partial charge in [0, 0.05) is 18.2 Å². The molecule has 1 N–H and O–H groups in total. The number of carbonyl (C=O) groups excluding carboxylic acids is 1. The van der Waals surface area contributed by atoms with E-state index in [1.807, 2.05) is 6.92 Å². The first-order valence-electron chi connectivity index (χ1n) is 10.8. The summed E-state index contributed by atoms with van der Waals surface area (Å²) in [4.78, 5) is 15.6. The van der Waals surface area contributed by atoms with Gasteiger partial charge >= 0.3 is 0 Å². The van der Waals surface area contributed by atoms with Gasteiger partial charge in [0.15, 0.2) is 17.3 Å². The molecule has 32 heavy (non-hydrogen) atoms. The largest absolute Gasteiger partial charge is 0.507 e. The standard InChI is InChI=1S/C25H29NO6/c1-15-10-18(27)17(14-26-8-6-5-7-9-26)25-23(15)24(28)22(32-25)12-16-11-20(30-3)21(31-4)13-19(16)29-2/h10-13,27H,5-9,14H2,1-4H3/b22-12-. The number of methoxy groups -OCH3 is 3. The van der Waals surface area contributed by atoms with Gasteiger partial charge in [-0.2, -0.15) is 0 Å². The van der Waals surface area contributed by atoms with Crippen LogP contribution < -0.4 is 18.9 Å². The molecule has 7 nitrogen and oxygen atoms in total. The van der Waals surface area contributed by atoms with Crippen LogP contribution in [0.3, 0.4) is 0 Å². The molecule has 4 rings (SSSR count). The highest BCUT2D eigenvalue weighted by Gasteiger charge is 2.34. The molecule has 0 aromatic heterocycles. The second-order valence-electron chi connectivity index (χ2n) is 8.12. The summed E-state index contributed by atoms with van der Waals surface area (Å²) in [7, 11) is 4.65. The molecule has 0 atom stereocenters. The molecule has 170 valence electrons. The number of rotatable bonds is 6. The number of hydrogen-bond donors (Lipinski definition) is 1. The first-order chi connectivity index (χ1) is 15.5. The van der Waals surface area contributed by atoms with Crippen LogP contribution in [0.15, 0.2) is 24.0 Å². The summed E-state index contributed by atoms with van der Waals surface area (Å²) in [5.41, 5.74) is 2.47. The highest BCUT2D eigenvalue weighted by atomic mass is 16.5. The number of ether oxygens (including phenoxy) is 4. The third-order valence-electron chi connectivity index (χ3n) is 6.07. The normalized spacial score (nSPS) is 17.2. The number of hydrogen-bond acceptors (Lipinski definition) is 7. The second kappa shape index (κ2) is 9.12. The van der Waals surface area contributed by atoms with E-state index in [-0.39, 0.29) is 17.3 Å². The van der Waals surface area contributed by atoms with Crippen molar-refractivity contribution in [2.45, 2.75) is 32.7 Å². The molecular formula is C25H29NO6. The maximum atomic E-state index is 13.3. The van der Waals surface area contributed by atoms with Gasteiger partial charge in [-0.25, -0.2) is 0 Å². The number of Topliss-reactive ketones (excluding diaryl/α,β-unsaturated/α-hetero) is 1. The number of aryl methyl sites for hydroxylation is 1. The highest BCUT2D eigenvalue weighted by Crippen LogP contribution is 2.43. The number of phenols is 1. The molecular weight excluding hydrogens is 410 g/mol. The molecule has 2 aromatic carbocycles. The smallest absolute Gasteiger partial charge is 0.232 e. The van der Waals surface area contributed by atoms with Crippen LogP contribution in [0.4, 0.5) is 0 Å². The lowest BCUT2D eigenvalue weighted by atomic mass is 9.98. The third kappa shape index (κ3) is 4.00. The number of carbonyl (C=O) groups is 1. The average Bonchev–Trinajstić information content (AvgIpc) is 3.13. The SMILES string of the molecule is COc1cc(OC)c(OC)cc1/C=C1\Oc2c(CN3CCCCC3)c(O)cc(C)c2C1=O. The van der Waals surface area contributed by atoms with Crippen molar-refractivity contribution < 1.29 is 28.8 Å². The van der Waals surface area contributed by atoms with Crippen molar-refractivity contribution in [2.24, 2.45) is 0 Å². The monoisotopic (exact) mass is 439 g/mol. The molecule has 0 amide bonds. The van der Waals surface area contributed by atoms with Crippen LogP contribution in [0.5, 0.6) is 28.7 Å². The lowest BCUT2D eigenvalue weighted by Crippen LogP contribution is -2.29. The van der Waals surface area contributed by atoms with E-state index in [1.165, 1.54) is 6.42 Å². The molecule has 0 radical (unpaired) electrons. The summed E-state index contributed by atoms with van der Waals surface area (Å²) in [5.74, 6) is 2.14. The lowest BCUT2D eigenvalue weighted by molar-refractivity contribution is 0.101. The number of fused-ring (bicyclic) bond motifs is 1. The summed E-state index contributed by atoms with van der Waals surface area (Å²) in [6.07, 6.45) is 5.14. The predicted octanol–water partition coefficient (Wildman–Crippen LogP) is 4.33. The van der Waals surface area contributed by atoms with E-state index in [1.54, 1.807) is 45.6 Å². The van der Waals surface area contributed by atoms with E-state index in [2.05, 4.69) is 4.90 Å². The fourth-order valence-electron chi connectivity index (χ4n) is 4.38. The highest BCUT2D eigenvalue weighted by molar-refractivity contribution is 6.16. The van der Waals surface area contributed by atoms with E-state index < -0.39 is 0 Å². The molecule has 0 unspecified atom stereocenters. The van der Waals surface area contributed by atoms with Crippen molar-refractivity contribution in [3.63, 3.8) is 0 Å². The van der Waals surface area contributed by atoms with Gasteiger partial charge in [0.05, 0.1) is 32.5 Å². The van der Waals surface area contributed by atoms with Crippen LogP contribution in [0.25, 0.3) is 6.08 Å². The first kappa shape index (κ1) is 22.0. The van der Waals surface area contributed by atoms with Gasteiger partial charge in [-0.1, -0.05) is 6.42 Å². The summed E-state index contributed by atoms with van der Waals surface area (Å²) in [5, 5.41) is 10.7. The van der Waals surface area contributed by atoms with Crippen LogP contribution in [0.2, 0.25) is 0 Å². The maximum Gasteiger partial charge on any atom is 0.232 e. The number of aromatic hydroxyl groups is 1. The van der Waals surface area contributed by atoms with E-state index in [9.17, 15) is 9.90 Å². The van der Waals surface area contributed by atoms with E-state index >= 15 is 0 Å². The van der Waals surface area contributed by atoms with Gasteiger partial charge < -0.3 is 24.1 Å². The van der Waals surface area contributed by atoms with Gasteiger partial charge in [0.25, 0.3) is 0 Å². The fourth-order valence-corrected chi connectivity index (χ4v) is 4.38. The Morgan fingerprint density at radius 2 is 1.66 bits per heavy atom. The first-order valence-corrected chi connectivity index (χ1v) is 10.8. The zero-order valence-corrected chi connectivity index (χ0v) is 19.0. The van der Waals surface area contributed by atoms with Crippen LogP contribution in [0.1, 0.15) is 46.3 Å². The quantitative estimate of drug-likeness (QED) is 0.672. The Bertz CT molecular complexity index is 1070. The zero-order chi connectivity index (χ0) is 22.8. The molecule has 2 aliphatic rings. The molecule has 2 aliphatic heterocycles. The van der Waals surface area contributed by atoms with Crippen LogP contribution in [-0.4, -0.2) is 50.2 Å². The van der Waals surface area contributed by atoms with E-state index in [4.69, 9.17) is 18.9 Å². The van der Waals surface area contributed by atoms with Crippen molar-refractivity contribution in [1.82, 2.24) is 4.90 Å². The van der Waals surface area contributed by atoms with Crippen LogP contribution >= 0.6 is 0 Å². The number of likely N-dealkylation sites (tertiary alicyclic amines) is 1. The number of phenolic OH excluding ortho intramolecular Hbond substituents is 1. The van der Waals surface area contributed by atoms with Gasteiger partial charge in [-0.3, -0.25) is 9.69 Å². The average molecular weight is 440 g/mol. The molecule has 2 heterocycles. The van der Waals surface area contributed by atoms with Gasteiger partial charge in [-0.15, -0.1) is 0 Å². The minimum atomic E-state index is -0.214. The molecule has 1 fully saturated rings. The third-order valence-corrected chi connectivity index (χ3v) is 6.07. The molecule has 2 aromatic rings. The molecule has 0 saturated carbocycles. The Morgan fingerprint density at radius 3 is 2.31 bits per heavy atom. The summed E-state index contributed by atoms with van der Waals surface area (Å²) in [6, 6.07) is 5.10. The minimum absolute atomic E-state index is 0.157.